The highest BCUT2D eigenvalue weighted by atomic mass is 16.6. The summed E-state index contributed by atoms with van der Waals surface area (Å²) in [7, 11) is 0. The normalized spacial score (nSPS) is 13.5. The topological polar surface area (TPSA) is 105 Å². The number of hydrogen-bond acceptors (Lipinski definition) is 4. The third-order valence-electron chi connectivity index (χ3n) is 4.33. The molecule has 0 atom stereocenters. The molecule has 1 aliphatic rings. The van der Waals surface area contributed by atoms with Gasteiger partial charge in [-0.2, -0.15) is 0 Å². The van der Waals surface area contributed by atoms with E-state index in [2.05, 4.69) is 10.6 Å². The molecule has 144 valence electrons. The van der Waals surface area contributed by atoms with Crippen LogP contribution in [0.5, 0.6) is 0 Å². The van der Waals surface area contributed by atoms with Gasteiger partial charge in [0.1, 0.15) is 0 Å². The molecule has 2 aromatic carbocycles. The Labute approximate surface area is 162 Å². The van der Waals surface area contributed by atoms with Gasteiger partial charge >= 0.3 is 6.03 Å². The summed E-state index contributed by atoms with van der Waals surface area (Å²) in [5.74, 6) is -0.408. The first kappa shape index (κ1) is 19.1. The standard InChI is InChI=1S/C20H20N4O4/c25-19(11-10-15-6-5-7-16(14-15)24(27)28)21-17-8-1-2-9-18(17)22-20(26)23-12-3-4-13-23/h1-2,5-11,14H,3-4,12-13H2,(H,21,25)(H,22,26)/b11-10+. The third-order valence-corrected chi connectivity index (χ3v) is 4.33. The van der Waals surface area contributed by atoms with E-state index in [0.29, 0.717) is 16.9 Å². The van der Waals surface area contributed by atoms with Crippen molar-refractivity contribution < 1.29 is 14.5 Å². The van der Waals surface area contributed by atoms with Crippen molar-refractivity contribution in [1.82, 2.24) is 4.90 Å². The summed E-state index contributed by atoms with van der Waals surface area (Å²) < 4.78 is 0. The molecule has 0 saturated carbocycles. The van der Waals surface area contributed by atoms with Crippen LogP contribution in [0.1, 0.15) is 18.4 Å². The van der Waals surface area contributed by atoms with Gasteiger partial charge in [0.15, 0.2) is 0 Å². The van der Waals surface area contributed by atoms with E-state index >= 15 is 0 Å². The molecule has 0 bridgehead atoms. The van der Waals surface area contributed by atoms with Crippen LogP contribution in [0, 0.1) is 10.1 Å². The highest BCUT2D eigenvalue weighted by molar-refractivity contribution is 6.05. The molecular weight excluding hydrogens is 360 g/mol. The Hall–Kier alpha value is -3.68. The summed E-state index contributed by atoms with van der Waals surface area (Å²) in [5.41, 5.74) is 1.48. The minimum Gasteiger partial charge on any atom is -0.325 e. The molecule has 2 aromatic rings. The lowest BCUT2D eigenvalue weighted by Gasteiger charge is -2.18. The lowest BCUT2D eigenvalue weighted by atomic mass is 10.2. The van der Waals surface area contributed by atoms with E-state index in [0.717, 1.165) is 25.9 Å². The van der Waals surface area contributed by atoms with E-state index < -0.39 is 10.8 Å². The molecule has 3 amide bonds. The van der Waals surface area contributed by atoms with Crippen molar-refractivity contribution in [2.45, 2.75) is 12.8 Å². The quantitative estimate of drug-likeness (QED) is 0.467. The van der Waals surface area contributed by atoms with Crippen molar-refractivity contribution in [3.8, 4) is 0 Å². The first-order chi connectivity index (χ1) is 13.5. The fourth-order valence-electron chi connectivity index (χ4n) is 2.90. The highest BCUT2D eigenvalue weighted by Crippen LogP contribution is 2.22. The number of nitro groups is 1. The summed E-state index contributed by atoms with van der Waals surface area (Å²) in [6, 6.07) is 12.7. The number of rotatable bonds is 5. The molecule has 0 aliphatic carbocycles. The Kier molecular flexibility index (Phi) is 6.01. The molecule has 0 spiro atoms. The van der Waals surface area contributed by atoms with Crippen LogP contribution in [0.2, 0.25) is 0 Å². The Bertz CT molecular complexity index is 920. The number of nitro benzene ring substituents is 1. The van der Waals surface area contributed by atoms with Crippen LogP contribution in [-0.2, 0) is 4.79 Å². The van der Waals surface area contributed by atoms with E-state index in [1.165, 1.54) is 24.3 Å². The van der Waals surface area contributed by atoms with Gasteiger partial charge in [-0.25, -0.2) is 4.79 Å². The number of nitrogens with one attached hydrogen (secondary N) is 2. The number of carbonyl (C=O) groups excluding carboxylic acids is 2. The van der Waals surface area contributed by atoms with Crippen molar-refractivity contribution >= 4 is 35.1 Å². The maximum Gasteiger partial charge on any atom is 0.321 e. The monoisotopic (exact) mass is 380 g/mol. The number of hydrogen-bond donors (Lipinski definition) is 2. The Morgan fingerprint density at radius 3 is 2.36 bits per heavy atom. The fraction of sp³-hybridized carbons (Fsp3) is 0.200. The molecule has 1 aliphatic heterocycles. The smallest absolute Gasteiger partial charge is 0.321 e. The molecule has 8 nitrogen and oxygen atoms in total. The molecule has 0 radical (unpaired) electrons. The Balaban J connectivity index is 1.66. The number of likely N-dealkylation sites (tertiary alicyclic amines) is 1. The van der Waals surface area contributed by atoms with E-state index in [1.807, 2.05) is 0 Å². The molecule has 1 heterocycles. The zero-order valence-electron chi connectivity index (χ0n) is 15.1. The first-order valence-corrected chi connectivity index (χ1v) is 8.91. The number of para-hydroxylation sites is 2. The Morgan fingerprint density at radius 2 is 1.68 bits per heavy atom. The SMILES string of the molecule is O=C(/C=C/c1cccc([N+](=O)[O-])c1)Nc1ccccc1NC(=O)N1CCCC1. The lowest BCUT2D eigenvalue weighted by Crippen LogP contribution is -2.32. The van der Waals surface area contributed by atoms with Gasteiger partial charge in [0.2, 0.25) is 5.91 Å². The molecule has 8 heteroatoms. The van der Waals surface area contributed by atoms with Gasteiger partial charge < -0.3 is 15.5 Å². The predicted octanol–water partition coefficient (Wildman–Crippen LogP) is 3.87. The molecule has 1 fully saturated rings. The van der Waals surface area contributed by atoms with Crippen LogP contribution in [-0.4, -0.2) is 34.9 Å². The zero-order chi connectivity index (χ0) is 19.9. The summed E-state index contributed by atoms with van der Waals surface area (Å²) >= 11 is 0. The minimum absolute atomic E-state index is 0.0440. The summed E-state index contributed by atoms with van der Waals surface area (Å²) in [6.07, 6.45) is 4.77. The van der Waals surface area contributed by atoms with E-state index in [-0.39, 0.29) is 11.7 Å². The number of carbonyl (C=O) groups is 2. The van der Waals surface area contributed by atoms with Crippen molar-refractivity contribution in [3.63, 3.8) is 0 Å². The first-order valence-electron chi connectivity index (χ1n) is 8.91. The number of benzene rings is 2. The molecule has 1 saturated heterocycles. The van der Waals surface area contributed by atoms with Crippen molar-refractivity contribution in [2.75, 3.05) is 23.7 Å². The Morgan fingerprint density at radius 1 is 1.00 bits per heavy atom. The van der Waals surface area contributed by atoms with Crippen LogP contribution in [0.15, 0.2) is 54.6 Å². The van der Waals surface area contributed by atoms with E-state index in [4.69, 9.17) is 0 Å². The third kappa shape index (κ3) is 4.94. The number of urea groups is 1. The van der Waals surface area contributed by atoms with Gasteiger partial charge in [-0.3, -0.25) is 14.9 Å². The minimum atomic E-state index is -0.489. The summed E-state index contributed by atoms with van der Waals surface area (Å²) in [4.78, 5) is 36.6. The molecule has 0 unspecified atom stereocenters. The van der Waals surface area contributed by atoms with Gasteiger partial charge in [-0.05, 0) is 36.6 Å². The average molecular weight is 380 g/mol. The van der Waals surface area contributed by atoms with Crippen molar-refractivity contribution in [3.05, 3.63) is 70.3 Å². The second-order valence-electron chi connectivity index (χ2n) is 6.34. The van der Waals surface area contributed by atoms with E-state index in [1.54, 1.807) is 41.3 Å². The van der Waals surface area contributed by atoms with Gasteiger partial charge in [-0.1, -0.05) is 24.3 Å². The van der Waals surface area contributed by atoms with Gasteiger partial charge in [0.25, 0.3) is 5.69 Å². The average Bonchev–Trinajstić information content (AvgIpc) is 3.23. The number of nitrogens with zero attached hydrogens (tertiary/aromatic N) is 2. The van der Waals surface area contributed by atoms with Crippen LogP contribution in [0.25, 0.3) is 6.08 Å². The number of amides is 3. The molecule has 28 heavy (non-hydrogen) atoms. The fourth-order valence-corrected chi connectivity index (χ4v) is 2.90. The lowest BCUT2D eigenvalue weighted by molar-refractivity contribution is -0.384. The summed E-state index contributed by atoms with van der Waals surface area (Å²) in [6.45, 7) is 1.46. The molecule has 0 aromatic heterocycles. The highest BCUT2D eigenvalue weighted by Gasteiger charge is 2.18. The summed E-state index contributed by atoms with van der Waals surface area (Å²) in [5, 5.41) is 16.4. The van der Waals surface area contributed by atoms with E-state index in [9.17, 15) is 19.7 Å². The number of anilines is 2. The van der Waals surface area contributed by atoms with Crippen LogP contribution in [0.3, 0.4) is 0 Å². The second kappa shape index (κ2) is 8.81. The maximum absolute atomic E-state index is 12.3. The van der Waals surface area contributed by atoms with Gasteiger partial charge in [0.05, 0.1) is 16.3 Å². The van der Waals surface area contributed by atoms with Crippen molar-refractivity contribution in [2.24, 2.45) is 0 Å². The molecule has 3 rings (SSSR count). The maximum atomic E-state index is 12.3. The van der Waals surface area contributed by atoms with Crippen LogP contribution in [0.4, 0.5) is 21.9 Å². The number of non-ortho nitro benzene ring substituents is 1. The predicted molar refractivity (Wildman–Crippen MR) is 107 cm³/mol. The van der Waals surface area contributed by atoms with Crippen molar-refractivity contribution in [1.29, 1.82) is 0 Å². The largest absolute Gasteiger partial charge is 0.325 e. The second-order valence-corrected chi connectivity index (χ2v) is 6.34. The van der Waals surface area contributed by atoms with Crippen LogP contribution < -0.4 is 10.6 Å². The zero-order valence-corrected chi connectivity index (χ0v) is 15.1. The molecular formula is C20H20N4O4. The molecule has 2 N–H and O–H groups in total. The van der Waals surface area contributed by atoms with Gasteiger partial charge in [-0.15, -0.1) is 0 Å². The van der Waals surface area contributed by atoms with Crippen LogP contribution >= 0.6 is 0 Å². The van der Waals surface area contributed by atoms with Gasteiger partial charge in [0, 0.05) is 31.3 Å².